The lowest BCUT2D eigenvalue weighted by atomic mass is 9.96. The third-order valence-electron chi connectivity index (χ3n) is 5.40. The highest BCUT2D eigenvalue weighted by Crippen LogP contribution is 2.47. The second kappa shape index (κ2) is 5.99. The van der Waals surface area contributed by atoms with Gasteiger partial charge in [-0.25, -0.2) is 5.01 Å². The van der Waals surface area contributed by atoms with Gasteiger partial charge in [-0.05, 0) is 36.4 Å². The Labute approximate surface area is 162 Å². The molecule has 0 saturated carbocycles. The molecule has 28 heavy (non-hydrogen) atoms. The summed E-state index contributed by atoms with van der Waals surface area (Å²) in [4.78, 5) is 4.13. The number of fused-ring (bicyclic) bond motifs is 4. The minimum absolute atomic E-state index is 0.128. The highest BCUT2D eigenvalue weighted by atomic mass is 16.7. The van der Waals surface area contributed by atoms with Crippen molar-refractivity contribution in [3.8, 4) is 17.2 Å². The molecule has 3 aliphatic rings. The molecule has 0 spiro atoms. The number of rotatable bonds is 2. The van der Waals surface area contributed by atoms with Crippen LogP contribution in [0.3, 0.4) is 0 Å². The van der Waals surface area contributed by atoms with Crippen LogP contribution >= 0.6 is 0 Å². The fourth-order valence-corrected chi connectivity index (χ4v) is 4.03. The van der Waals surface area contributed by atoms with Crippen LogP contribution in [-0.2, 0) is 0 Å². The van der Waals surface area contributed by atoms with Crippen LogP contribution in [0.4, 0.5) is 0 Å². The summed E-state index contributed by atoms with van der Waals surface area (Å²) in [5.41, 5.74) is 4.25. The van der Waals surface area contributed by atoms with Crippen molar-refractivity contribution in [1.82, 2.24) is 9.99 Å². The van der Waals surface area contributed by atoms with Crippen molar-refractivity contribution in [1.29, 1.82) is 0 Å². The number of hydrogen-bond donors (Lipinski definition) is 0. The van der Waals surface area contributed by atoms with E-state index >= 15 is 0 Å². The van der Waals surface area contributed by atoms with E-state index in [1.807, 2.05) is 48.5 Å². The molecule has 0 aliphatic carbocycles. The Morgan fingerprint density at radius 2 is 1.75 bits per heavy atom. The van der Waals surface area contributed by atoms with Crippen molar-refractivity contribution in [3.05, 3.63) is 83.7 Å². The molecule has 3 aromatic rings. The quantitative estimate of drug-likeness (QED) is 0.680. The second-order valence-corrected chi connectivity index (χ2v) is 7.00. The molecule has 0 saturated heterocycles. The molecular weight excluding hydrogens is 354 g/mol. The average molecular weight is 371 g/mol. The van der Waals surface area contributed by atoms with Crippen molar-refractivity contribution >= 4 is 5.71 Å². The number of pyridine rings is 1. The number of hydrazone groups is 1. The van der Waals surface area contributed by atoms with Gasteiger partial charge in [0.05, 0.1) is 11.8 Å². The predicted molar refractivity (Wildman–Crippen MR) is 102 cm³/mol. The zero-order valence-corrected chi connectivity index (χ0v) is 15.0. The summed E-state index contributed by atoms with van der Waals surface area (Å²) >= 11 is 0. The lowest BCUT2D eigenvalue weighted by Crippen LogP contribution is -2.33. The van der Waals surface area contributed by atoms with E-state index in [0.717, 1.165) is 46.1 Å². The highest BCUT2D eigenvalue weighted by molar-refractivity contribution is 6.02. The Hall–Kier alpha value is -3.54. The number of ether oxygens (including phenoxy) is 3. The normalized spacial score (nSPS) is 21.6. The molecule has 0 radical (unpaired) electrons. The summed E-state index contributed by atoms with van der Waals surface area (Å²) in [5.74, 6) is 2.46. The third-order valence-corrected chi connectivity index (χ3v) is 5.40. The van der Waals surface area contributed by atoms with Crippen LogP contribution in [0.2, 0.25) is 0 Å². The summed E-state index contributed by atoms with van der Waals surface area (Å²) in [6.45, 7) is 0.269. The van der Waals surface area contributed by atoms with Crippen LogP contribution in [0.1, 0.15) is 35.4 Å². The van der Waals surface area contributed by atoms with Gasteiger partial charge >= 0.3 is 0 Å². The first-order chi connectivity index (χ1) is 13.9. The molecule has 6 heteroatoms. The Morgan fingerprint density at radius 3 is 2.68 bits per heavy atom. The molecule has 0 unspecified atom stereocenters. The number of para-hydroxylation sites is 1. The number of aromatic nitrogens is 1. The monoisotopic (exact) mass is 371 g/mol. The standard InChI is InChI=1S/C22H17N3O3/c1-2-4-19-16(3-1)18-12-17(15-5-6-20-21(11-15)27-13-26-20)24-25(18)22(28-19)14-7-9-23-10-8-14/h1-11,18,22H,12-13H2/t18-,22+/m1/s1. The zero-order valence-electron chi connectivity index (χ0n) is 15.0. The van der Waals surface area contributed by atoms with Gasteiger partial charge in [-0.1, -0.05) is 18.2 Å². The summed E-state index contributed by atoms with van der Waals surface area (Å²) in [6.07, 6.45) is 4.09. The SMILES string of the molecule is c1ccc2c(c1)O[C@@H](c1ccncc1)N1N=C(c3ccc4c(c3)OCO4)C[C@H]21. The topological polar surface area (TPSA) is 56.2 Å². The number of hydrogen-bond acceptors (Lipinski definition) is 6. The Morgan fingerprint density at radius 1 is 0.893 bits per heavy atom. The van der Waals surface area contributed by atoms with Crippen LogP contribution in [0, 0.1) is 0 Å². The van der Waals surface area contributed by atoms with E-state index in [4.69, 9.17) is 19.3 Å². The van der Waals surface area contributed by atoms with Crippen molar-refractivity contribution in [2.24, 2.45) is 5.10 Å². The summed E-state index contributed by atoms with van der Waals surface area (Å²) in [5, 5.41) is 7.04. The van der Waals surface area contributed by atoms with Crippen molar-refractivity contribution in [2.75, 3.05) is 6.79 Å². The van der Waals surface area contributed by atoms with Crippen LogP contribution in [-0.4, -0.2) is 22.5 Å². The molecule has 1 aromatic heterocycles. The molecule has 4 heterocycles. The molecular formula is C22H17N3O3. The van der Waals surface area contributed by atoms with Crippen LogP contribution < -0.4 is 14.2 Å². The van der Waals surface area contributed by atoms with Crippen molar-refractivity contribution in [3.63, 3.8) is 0 Å². The molecule has 0 amide bonds. The average Bonchev–Trinajstić information content (AvgIpc) is 3.40. The largest absolute Gasteiger partial charge is 0.464 e. The second-order valence-electron chi connectivity index (χ2n) is 7.00. The van der Waals surface area contributed by atoms with Gasteiger partial charge in [0.1, 0.15) is 5.75 Å². The molecule has 6 rings (SSSR count). The Balaban J connectivity index is 1.43. The lowest BCUT2D eigenvalue weighted by Gasteiger charge is -2.38. The summed E-state index contributed by atoms with van der Waals surface area (Å²) < 4.78 is 17.3. The summed E-state index contributed by atoms with van der Waals surface area (Å²) in [7, 11) is 0. The maximum absolute atomic E-state index is 6.34. The minimum atomic E-state index is -0.283. The fraction of sp³-hybridized carbons (Fsp3) is 0.182. The van der Waals surface area contributed by atoms with Gasteiger partial charge in [-0.15, -0.1) is 0 Å². The zero-order chi connectivity index (χ0) is 18.5. The first-order valence-corrected chi connectivity index (χ1v) is 9.28. The van der Waals surface area contributed by atoms with E-state index in [1.165, 1.54) is 0 Å². The van der Waals surface area contributed by atoms with Crippen molar-refractivity contribution < 1.29 is 14.2 Å². The number of benzene rings is 2. The lowest BCUT2D eigenvalue weighted by molar-refractivity contribution is -0.0190. The van der Waals surface area contributed by atoms with Crippen LogP contribution in [0.25, 0.3) is 0 Å². The molecule has 0 fully saturated rings. The predicted octanol–water partition coefficient (Wildman–Crippen LogP) is 4.05. The maximum Gasteiger partial charge on any atom is 0.231 e. The van der Waals surface area contributed by atoms with Gasteiger partial charge in [-0.3, -0.25) is 4.98 Å². The highest BCUT2D eigenvalue weighted by Gasteiger charge is 2.41. The number of nitrogens with zero attached hydrogens (tertiary/aromatic N) is 3. The summed E-state index contributed by atoms with van der Waals surface area (Å²) in [6, 6.07) is 18.3. The molecule has 3 aliphatic heterocycles. The van der Waals surface area contributed by atoms with E-state index in [-0.39, 0.29) is 19.1 Å². The Bertz CT molecular complexity index is 1080. The van der Waals surface area contributed by atoms with Gasteiger partial charge in [0, 0.05) is 35.5 Å². The van der Waals surface area contributed by atoms with Gasteiger partial charge < -0.3 is 14.2 Å². The van der Waals surface area contributed by atoms with Gasteiger partial charge in [-0.2, -0.15) is 5.10 Å². The third kappa shape index (κ3) is 2.34. The van der Waals surface area contributed by atoms with Gasteiger partial charge in [0.15, 0.2) is 11.5 Å². The molecule has 6 nitrogen and oxygen atoms in total. The molecule has 0 bridgehead atoms. The first-order valence-electron chi connectivity index (χ1n) is 9.28. The van der Waals surface area contributed by atoms with E-state index in [2.05, 4.69) is 16.1 Å². The minimum Gasteiger partial charge on any atom is -0.464 e. The van der Waals surface area contributed by atoms with E-state index < -0.39 is 0 Å². The van der Waals surface area contributed by atoms with Crippen molar-refractivity contribution in [2.45, 2.75) is 18.7 Å². The van der Waals surface area contributed by atoms with Crippen LogP contribution in [0.5, 0.6) is 17.2 Å². The molecule has 2 aromatic carbocycles. The Kier molecular flexibility index (Phi) is 3.32. The fourth-order valence-electron chi connectivity index (χ4n) is 4.03. The molecule has 138 valence electrons. The molecule has 2 atom stereocenters. The van der Waals surface area contributed by atoms with Gasteiger partial charge in [0.2, 0.25) is 13.0 Å². The first kappa shape index (κ1) is 15.5. The molecule has 0 N–H and O–H groups in total. The maximum atomic E-state index is 6.34. The van der Waals surface area contributed by atoms with E-state index in [9.17, 15) is 0 Å². The van der Waals surface area contributed by atoms with Crippen LogP contribution in [0.15, 0.2) is 72.1 Å². The van der Waals surface area contributed by atoms with E-state index in [0.29, 0.717) is 0 Å². The van der Waals surface area contributed by atoms with E-state index in [1.54, 1.807) is 12.4 Å². The van der Waals surface area contributed by atoms with Gasteiger partial charge in [0.25, 0.3) is 0 Å². The smallest absolute Gasteiger partial charge is 0.231 e.